The zero-order chi connectivity index (χ0) is 24.0. The second-order valence-electron chi connectivity index (χ2n) is 7.01. The zero-order valence-corrected chi connectivity index (χ0v) is 19.7. The molecule has 9 heteroatoms. The maximum atomic E-state index is 12.8. The van der Waals surface area contributed by atoms with Gasteiger partial charge in [0.05, 0.1) is 31.9 Å². The highest BCUT2D eigenvalue weighted by Gasteiger charge is 2.18. The van der Waals surface area contributed by atoms with Gasteiger partial charge in [-0.25, -0.2) is 8.42 Å². The number of hydrogen-bond donors (Lipinski definition) is 2. The van der Waals surface area contributed by atoms with E-state index < -0.39 is 15.9 Å². The molecule has 0 bridgehead atoms. The molecule has 0 aliphatic heterocycles. The third kappa shape index (κ3) is 5.38. The highest BCUT2D eigenvalue weighted by Crippen LogP contribution is 2.38. The first-order valence-corrected chi connectivity index (χ1v) is 11.6. The zero-order valence-electron chi connectivity index (χ0n) is 18.8. The fraction of sp³-hybridized carbons (Fsp3) is 0.208. The quantitative estimate of drug-likeness (QED) is 0.483. The lowest BCUT2D eigenvalue weighted by molar-refractivity contribution is 0.102. The van der Waals surface area contributed by atoms with Crippen LogP contribution in [0.15, 0.2) is 65.6 Å². The Bertz CT molecular complexity index is 1220. The molecule has 0 heterocycles. The third-order valence-electron chi connectivity index (χ3n) is 4.99. The van der Waals surface area contributed by atoms with Crippen LogP contribution in [0.4, 0.5) is 11.4 Å². The number of hydrogen-bond acceptors (Lipinski definition) is 6. The number of methoxy groups -OCH3 is 3. The Kier molecular flexibility index (Phi) is 7.44. The molecule has 0 saturated carbocycles. The van der Waals surface area contributed by atoms with Crippen LogP contribution in [0.5, 0.6) is 17.2 Å². The Labute approximate surface area is 193 Å². The van der Waals surface area contributed by atoms with Crippen LogP contribution in [-0.4, -0.2) is 35.7 Å². The van der Waals surface area contributed by atoms with Crippen LogP contribution >= 0.6 is 0 Å². The van der Waals surface area contributed by atoms with E-state index in [0.29, 0.717) is 40.6 Å². The van der Waals surface area contributed by atoms with Crippen molar-refractivity contribution in [3.8, 4) is 17.2 Å². The summed E-state index contributed by atoms with van der Waals surface area (Å²) in [5.74, 6) is 0.659. The number of carbonyl (C=O) groups excluding carboxylic acids is 1. The molecular weight excluding hydrogens is 444 g/mol. The number of benzene rings is 3. The highest BCUT2D eigenvalue weighted by atomic mass is 32.2. The van der Waals surface area contributed by atoms with E-state index in [-0.39, 0.29) is 4.90 Å². The Morgan fingerprint density at radius 1 is 0.879 bits per heavy atom. The lowest BCUT2D eigenvalue weighted by Gasteiger charge is -2.14. The van der Waals surface area contributed by atoms with Gasteiger partial charge in [0.25, 0.3) is 15.9 Å². The minimum absolute atomic E-state index is 0.0826. The Hall–Kier alpha value is -3.72. The molecule has 0 fully saturated rings. The van der Waals surface area contributed by atoms with Crippen molar-refractivity contribution in [2.45, 2.75) is 18.2 Å². The van der Waals surface area contributed by atoms with E-state index in [4.69, 9.17) is 14.2 Å². The number of para-hydroxylation sites is 1. The van der Waals surface area contributed by atoms with Crippen molar-refractivity contribution in [3.05, 3.63) is 71.8 Å². The van der Waals surface area contributed by atoms with E-state index in [2.05, 4.69) is 10.0 Å². The molecule has 2 N–H and O–H groups in total. The molecule has 33 heavy (non-hydrogen) atoms. The summed E-state index contributed by atoms with van der Waals surface area (Å²) in [4.78, 5) is 12.8. The van der Waals surface area contributed by atoms with Crippen molar-refractivity contribution in [1.29, 1.82) is 0 Å². The third-order valence-corrected chi connectivity index (χ3v) is 6.37. The number of aryl methyl sites for hydroxylation is 1. The Morgan fingerprint density at radius 3 is 2.03 bits per heavy atom. The summed E-state index contributed by atoms with van der Waals surface area (Å²) in [6.45, 7) is 1.96. The van der Waals surface area contributed by atoms with Gasteiger partial charge in [0.15, 0.2) is 11.5 Å². The molecule has 0 saturated heterocycles. The van der Waals surface area contributed by atoms with Crippen LogP contribution < -0.4 is 24.2 Å². The van der Waals surface area contributed by atoms with Gasteiger partial charge in [0, 0.05) is 11.3 Å². The van der Waals surface area contributed by atoms with E-state index >= 15 is 0 Å². The van der Waals surface area contributed by atoms with Gasteiger partial charge >= 0.3 is 0 Å². The molecule has 0 aromatic heterocycles. The standard InChI is InChI=1S/C24H26N2O6S/c1-5-16-8-6-7-9-20(16)26-33(28,29)19-12-10-18(11-13-19)25-24(27)17-14-21(30-2)23(32-4)22(15-17)31-3/h6-15,26H,5H2,1-4H3,(H,25,27). The van der Waals surface area contributed by atoms with Crippen LogP contribution in [0.3, 0.4) is 0 Å². The molecule has 0 spiro atoms. The molecule has 8 nitrogen and oxygen atoms in total. The normalized spacial score (nSPS) is 10.9. The fourth-order valence-corrected chi connectivity index (χ4v) is 4.37. The largest absolute Gasteiger partial charge is 0.493 e. The highest BCUT2D eigenvalue weighted by molar-refractivity contribution is 7.92. The first-order chi connectivity index (χ1) is 15.8. The molecule has 3 aromatic rings. The van der Waals surface area contributed by atoms with Crippen molar-refractivity contribution in [1.82, 2.24) is 0 Å². The first kappa shape index (κ1) is 23.9. The fourth-order valence-electron chi connectivity index (χ4n) is 3.26. The molecule has 0 aliphatic rings. The molecule has 174 valence electrons. The van der Waals surface area contributed by atoms with Gasteiger partial charge in [-0.05, 0) is 54.4 Å². The molecule has 0 unspecified atom stereocenters. The summed E-state index contributed by atoms with van der Waals surface area (Å²) in [6, 6.07) is 16.2. The summed E-state index contributed by atoms with van der Waals surface area (Å²) in [7, 11) is 0.626. The van der Waals surface area contributed by atoms with Gasteiger partial charge in [-0.3, -0.25) is 9.52 Å². The monoisotopic (exact) mass is 470 g/mol. The minimum Gasteiger partial charge on any atom is -0.493 e. The number of nitrogens with one attached hydrogen (secondary N) is 2. The topological polar surface area (TPSA) is 103 Å². The van der Waals surface area contributed by atoms with Crippen LogP contribution in [0, 0.1) is 0 Å². The van der Waals surface area contributed by atoms with Crippen molar-refractivity contribution in [2.75, 3.05) is 31.4 Å². The average molecular weight is 471 g/mol. The summed E-state index contributed by atoms with van der Waals surface area (Å²) >= 11 is 0. The molecule has 0 radical (unpaired) electrons. The maximum absolute atomic E-state index is 12.8. The number of amides is 1. The van der Waals surface area contributed by atoms with Crippen LogP contribution in [0.1, 0.15) is 22.8 Å². The summed E-state index contributed by atoms with van der Waals surface area (Å²) in [5.41, 5.74) is 2.16. The van der Waals surface area contributed by atoms with E-state index in [1.165, 1.54) is 57.7 Å². The Morgan fingerprint density at radius 2 is 1.48 bits per heavy atom. The van der Waals surface area contributed by atoms with Crippen LogP contribution in [0.25, 0.3) is 0 Å². The minimum atomic E-state index is -3.78. The summed E-state index contributed by atoms with van der Waals surface area (Å²) < 4.78 is 44.0. The van der Waals surface area contributed by atoms with Gasteiger partial charge in [0.1, 0.15) is 0 Å². The number of carbonyl (C=O) groups is 1. The van der Waals surface area contributed by atoms with Crippen molar-refractivity contribution >= 4 is 27.3 Å². The predicted molar refractivity (Wildman–Crippen MR) is 127 cm³/mol. The van der Waals surface area contributed by atoms with Crippen molar-refractivity contribution in [2.24, 2.45) is 0 Å². The van der Waals surface area contributed by atoms with E-state index in [1.807, 2.05) is 19.1 Å². The van der Waals surface area contributed by atoms with Crippen LogP contribution in [0.2, 0.25) is 0 Å². The maximum Gasteiger partial charge on any atom is 0.261 e. The Balaban J connectivity index is 1.79. The molecule has 1 amide bonds. The SMILES string of the molecule is CCc1ccccc1NS(=O)(=O)c1ccc(NC(=O)c2cc(OC)c(OC)c(OC)c2)cc1. The molecule has 3 aromatic carbocycles. The van der Waals surface area contributed by atoms with Gasteiger partial charge < -0.3 is 19.5 Å². The second kappa shape index (κ2) is 10.3. The predicted octanol–water partition coefficient (Wildman–Crippen LogP) is 4.33. The lowest BCUT2D eigenvalue weighted by Crippen LogP contribution is -2.15. The van der Waals surface area contributed by atoms with Crippen LogP contribution in [-0.2, 0) is 16.4 Å². The first-order valence-electron chi connectivity index (χ1n) is 10.1. The van der Waals surface area contributed by atoms with Gasteiger partial charge in [0.2, 0.25) is 5.75 Å². The van der Waals surface area contributed by atoms with Crippen molar-refractivity contribution < 1.29 is 27.4 Å². The van der Waals surface area contributed by atoms with Crippen molar-refractivity contribution in [3.63, 3.8) is 0 Å². The molecule has 3 rings (SSSR count). The smallest absolute Gasteiger partial charge is 0.261 e. The average Bonchev–Trinajstić information content (AvgIpc) is 2.83. The second-order valence-corrected chi connectivity index (χ2v) is 8.69. The summed E-state index contributed by atoms with van der Waals surface area (Å²) in [5, 5.41) is 2.74. The number of ether oxygens (including phenoxy) is 3. The number of sulfonamides is 1. The van der Waals surface area contributed by atoms with Gasteiger partial charge in [-0.2, -0.15) is 0 Å². The van der Waals surface area contributed by atoms with E-state index in [1.54, 1.807) is 12.1 Å². The van der Waals surface area contributed by atoms with E-state index in [0.717, 1.165) is 5.56 Å². The molecule has 0 atom stereocenters. The van der Waals surface area contributed by atoms with Gasteiger partial charge in [-0.15, -0.1) is 0 Å². The van der Waals surface area contributed by atoms with E-state index in [9.17, 15) is 13.2 Å². The number of rotatable bonds is 9. The molecular formula is C24H26N2O6S. The van der Waals surface area contributed by atoms with Gasteiger partial charge in [-0.1, -0.05) is 25.1 Å². The lowest BCUT2D eigenvalue weighted by atomic mass is 10.1. The number of anilines is 2. The summed E-state index contributed by atoms with van der Waals surface area (Å²) in [6.07, 6.45) is 0.699. The molecule has 0 aliphatic carbocycles.